The monoisotopic (exact) mass is 1960 g/mol. The molecule has 31 heteroatoms. The van der Waals surface area contributed by atoms with Crippen LogP contribution >= 0.6 is 11.6 Å². The van der Waals surface area contributed by atoms with Crippen LogP contribution in [0.1, 0.15) is 63.9 Å². The van der Waals surface area contributed by atoms with Crippen molar-refractivity contribution in [2.24, 2.45) is 0 Å². The molecule has 7 heterocycles. The maximum Gasteiger partial charge on any atom is 0.308 e. The Balaban J connectivity index is 0.000000131. The van der Waals surface area contributed by atoms with Crippen molar-refractivity contribution in [1.29, 1.82) is 0 Å². The zero-order valence-electron chi connectivity index (χ0n) is 78.9. The second kappa shape index (κ2) is 45.8. The van der Waals surface area contributed by atoms with E-state index in [-0.39, 0.29) is 68.2 Å². The van der Waals surface area contributed by atoms with Crippen LogP contribution in [0.4, 0.5) is 0 Å². The first-order valence-corrected chi connectivity index (χ1v) is 45.4. The maximum atomic E-state index is 13.3. The molecule has 20 aromatic rings. The van der Waals surface area contributed by atoms with Crippen molar-refractivity contribution in [1.82, 2.24) is 57.7 Å². The lowest BCUT2D eigenvalue weighted by atomic mass is 10.1. The molecule has 7 aromatic heterocycles. The Morgan fingerprint density at radius 3 is 0.959 bits per heavy atom. The number of aromatic nitrogens is 12. The molecule has 13 aromatic carbocycles. The van der Waals surface area contributed by atoms with Crippen molar-refractivity contribution in [3.05, 3.63) is 448 Å². The van der Waals surface area contributed by atoms with Crippen molar-refractivity contribution in [3.8, 4) is 97.6 Å². The molecule has 0 aliphatic rings. The number of aromatic hydroxyl groups is 6. The first-order chi connectivity index (χ1) is 71.0. The minimum atomic E-state index is -0.454. The van der Waals surface area contributed by atoms with Crippen LogP contribution in [-0.2, 0) is 4.79 Å². The molecule has 0 radical (unpaired) electrons. The molecule has 0 fully saturated rings. The zero-order chi connectivity index (χ0) is 102. The Labute approximate surface area is 837 Å². The first kappa shape index (κ1) is 99.1. The van der Waals surface area contributed by atoms with E-state index in [0.717, 1.165) is 4.57 Å². The lowest BCUT2D eigenvalue weighted by Crippen LogP contribution is -2.23. The van der Waals surface area contributed by atoms with Gasteiger partial charge >= 0.3 is 5.97 Å². The van der Waals surface area contributed by atoms with E-state index in [1.165, 1.54) is 86.6 Å². The number of halogens is 1. The highest BCUT2D eigenvalue weighted by Crippen LogP contribution is 2.39. The Kier molecular flexibility index (Phi) is 31.1. The van der Waals surface area contributed by atoms with Crippen molar-refractivity contribution < 1.29 is 63.9 Å². The minimum Gasteiger partial charge on any atom is -0.506 e. The van der Waals surface area contributed by atoms with Gasteiger partial charge in [-0.1, -0.05) is 169 Å². The van der Waals surface area contributed by atoms with E-state index in [0.29, 0.717) is 168 Å². The van der Waals surface area contributed by atoms with Crippen LogP contribution in [0.2, 0.25) is 5.02 Å². The van der Waals surface area contributed by atoms with Gasteiger partial charge in [0.15, 0.2) is 57.5 Å². The summed E-state index contributed by atoms with van der Waals surface area (Å²) in [5.41, 5.74) is 6.29. The van der Waals surface area contributed by atoms with Gasteiger partial charge in [-0.15, -0.1) is 0 Å². The van der Waals surface area contributed by atoms with Crippen molar-refractivity contribution in [2.45, 2.75) is 6.92 Å². The Morgan fingerprint density at radius 1 is 0.288 bits per heavy atom. The molecule has 0 unspecified atom stereocenters. The number of phenols is 6. The largest absolute Gasteiger partial charge is 0.506 e. The Hall–Kier alpha value is -19.9. The third-order valence-electron chi connectivity index (χ3n) is 22.6. The molecule has 0 spiro atoms. The average Bonchev–Trinajstić information content (AvgIpc) is 0.754. The van der Waals surface area contributed by atoms with Gasteiger partial charge in [0, 0.05) is 58.4 Å². The van der Waals surface area contributed by atoms with E-state index in [2.05, 4.69) is 29.9 Å². The molecule has 146 heavy (non-hydrogen) atoms. The van der Waals surface area contributed by atoms with Crippen LogP contribution < -0.4 is 56.2 Å². The van der Waals surface area contributed by atoms with E-state index in [1.54, 1.807) is 278 Å². The first-order valence-electron chi connectivity index (χ1n) is 45.0. The van der Waals surface area contributed by atoms with Crippen LogP contribution in [0.25, 0.3) is 144 Å². The van der Waals surface area contributed by atoms with E-state index in [1.807, 2.05) is 91.0 Å². The number of rotatable bonds is 21. The van der Waals surface area contributed by atoms with Gasteiger partial charge < -0.3 is 59.1 Å². The van der Waals surface area contributed by atoms with Crippen molar-refractivity contribution in [2.75, 3.05) is 35.5 Å². The fourth-order valence-electron chi connectivity index (χ4n) is 15.6. The van der Waals surface area contributed by atoms with Crippen molar-refractivity contribution >= 4 is 133 Å². The third-order valence-corrected chi connectivity index (χ3v) is 22.9. The van der Waals surface area contributed by atoms with Crippen LogP contribution in [0.5, 0.6) is 69.0 Å². The van der Waals surface area contributed by atoms with Gasteiger partial charge in [0.25, 0.3) is 27.8 Å². The highest BCUT2D eigenvalue weighted by atomic mass is 35.5. The molecule has 30 nitrogen and oxygen atoms in total. The molecule has 6 N–H and O–H groups in total. The van der Waals surface area contributed by atoms with Crippen LogP contribution in [-0.4, -0.2) is 130 Å². The molecule has 0 saturated carbocycles. The molecule has 0 aliphatic heterocycles. The molecule has 0 aliphatic carbocycles. The van der Waals surface area contributed by atoms with E-state index >= 15 is 0 Å². The number of hydrogen-bond donors (Lipinski definition) is 6. The summed E-state index contributed by atoms with van der Waals surface area (Å²) in [6.45, 7) is 1.33. The second-order valence-electron chi connectivity index (χ2n) is 31.7. The van der Waals surface area contributed by atoms with Crippen LogP contribution in [0, 0.1) is 0 Å². The van der Waals surface area contributed by atoms with Gasteiger partial charge in [0.1, 0.15) is 52.1 Å². The molecule has 724 valence electrons. The normalized spacial score (nSPS) is 11.2. The van der Waals surface area contributed by atoms with E-state index < -0.39 is 11.5 Å². The molecular weight excluding hydrogens is 1870 g/mol. The van der Waals surface area contributed by atoms with E-state index in [9.17, 15) is 59.4 Å². The predicted octanol–water partition coefficient (Wildman–Crippen LogP) is 20.4. The number of phenolic OH excluding ortho intramolecular Hbond substituents is 6. The fourth-order valence-corrected chi connectivity index (χ4v) is 15.8. The zero-order valence-corrected chi connectivity index (χ0v) is 79.6. The SMILES string of the molecule is COc1cccc(/C=C/c2nc3ccccc3c(=O)n2-c2c(O)cccc2O)c1O.COc1cccc(/C=C/c2nc3ccccc3c(=O)n2-c2ccc(Cl)cc2)c1O.COc1cccc(/C=C/c2nc3ccccc3c(=O)n2-c2ccccc2)c1OC(C)=O.COc1cccc(/C=C/c2nc3ccccc3c(=O)n2-c2ccccn2)c1O.COc1cccc(/C=C/c2nc3ccncc3c(=O)n2-c2ccccc2)c1O. The summed E-state index contributed by atoms with van der Waals surface area (Å²) in [5, 5.41) is 64.8. The molecule has 0 amide bonds. The Morgan fingerprint density at radius 2 is 0.589 bits per heavy atom. The maximum absolute atomic E-state index is 13.3. The average molecular weight is 1960 g/mol. The Bertz CT molecular complexity index is 8560. The highest BCUT2D eigenvalue weighted by molar-refractivity contribution is 6.30. The summed E-state index contributed by atoms with van der Waals surface area (Å²) in [4.78, 5) is 109. The van der Waals surface area contributed by atoms with Gasteiger partial charge in [0.05, 0.1) is 107 Å². The lowest BCUT2D eigenvalue weighted by Gasteiger charge is -2.14. The number of hydrogen-bond acceptors (Lipinski definition) is 25. The lowest BCUT2D eigenvalue weighted by molar-refractivity contribution is -0.132. The van der Waals surface area contributed by atoms with Crippen LogP contribution in [0.3, 0.4) is 0 Å². The number of nitrogens with zero attached hydrogens (tertiary/aromatic N) is 12. The predicted molar refractivity (Wildman–Crippen MR) is 568 cm³/mol. The van der Waals surface area contributed by atoms with Gasteiger partial charge in [-0.2, -0.15) is 0 Å². The van der Waals surface area contributed by atoms with Crippen molar-refractivity contribution in [3.63, 3.8) is 0 Å². The molecule has 0 bridgehead atoms. The number of carbonyl (C=O) groups excluding carboxylic acids is 1. The summed E-state index contributed by atoms with van der Waals surface area (Å²) in [5.74, 6) is 3.54. The summed E-state index contributed by atoms with van der Waals surface area (Å²) >= 11 is 6.00. The van der Waals surface area contributed by atoms with Crippen LogP contribution in [0.15, 0.2) is 358 Å². The third kappa shape index (κ3) is 22.0. The second-order valence-corrected chi connectivity index (χ2v) is 32.2. The summed E-state index contributed by atoms with van der Waals surface area (Å²) in [6.07, 6.45) is 21.5. The number of esters is 1. The van der Waals surface area contributed by atoms with Gasteiger partial charge in [-0.25, -0.2) is 34.5 Å². The van der Waals surface area contributed by atoms with Gasteiger partial charge in [-0.3, -0.25) is 52.0 Å². The van der Waals surface area contributed by atoms with Gasteiger partial charge in [0.2, 0.25) is 0 Å². The molecule has 0 atom stereocenters. The standard InChI is InChI=1S/C25H20N2O4.C23H17ClN2O3.C23H18N2O5.2C22H17N3O3/c1-17(28)31-24-18(9-8-14-22(24)30-2)15-16-23-26-21-13-7-6-12-20(21)25(29)27(23)19-10-4-3-5-11-19;1-29-20-8-4-5-15(22(20)27)9-14-21-25-19-7-3-2-6-18(19)23(28)26(21)17-12-10-16(24)11-13-17;1-30-19-11-4-6-14(22(19)28)12-13-20-24-16-8-3-2-7-15(16)23(29)25(20)21-17(26)9-5-10-18(21)27;1-28-18-10-6-7-15(21(18)26)12-13-20-24-17-9-3-2-8-16(17)22(27)25(20)19-11-4-5-14-23-19;1-28-19-9-5-6-15(21(19)26)10-11-20-24-18-12-13-23-14-17(18)22(27)25(20)16-7-3-2-4-8-16/h3-16H,1-2H3;2-14,27H,1H3;2-13,26-28H,1H3;2*2-14,26H,1H3/b16-15+;14-9+;2*13-12+;11-10+. The number of para-hydroxylation sites is 12. The number of fused-ring (bicyclic) bond motifs is 5. The number of ether oxygens (including phenoxy) is 6. The number of carbonyl (C=O) groups is 1. The van der Waals surface area contributed by atoms with Gasteiger partial charge in [-0.05, 0) is 218 Å². The molecular formula is C115H89ClN12O18. The molecule has 0 saturated heterocycles. The number of methoxy groups -OCH3 is 5. The summed E-state index contributed by atoms with van der Waals surface area (Å²) in [6, 6.07) is 91.1. The summed E-state index contributed by atoms with van der Waals surface area (Å²) in [7, 11) is 7.44. The van der Waals surface area contributed by atoms with E-state index in [4.69, 9.17) is 45.0 Å². The number of pyridine rings is 2. The smallest absolute Gasteiger partial charge is 0.308 e. The molecule has 20 rings (SSSR count). The topological polar surface area (TPSA) is 394 Å². The fraction of sp³-hybridized carbons (Fsp3) is 0.0522. The number of benzene rings is 13. The summed E-state index contributed by atoms with van der Waals surface area (Å²) < 4.78 is 38.4. The quantitative estimate of drug-likeness (QED) is 0.0287. The minimum absolute atomic E-state index is 0.0208. The highest BCUT2D eigenvalue weighted by Gasteiger charge is 2.23.